The molecular formula is C49H79ClO7. The van der Waals surface area contributed by atoms with Crippen LogP contribution in [0.4, 0.5) is 0 Å². The first-order valence-electron chi connectivity index (χ1n) is 23.1. The van der Waals surface area contributed by atoms with E-state index < -0.39 is 18.2 Å². The zero-order valence-corrected chi connectivity index (χ0v) is 36.7. The molecule has 0 bridgehead atoms. The molecule has 0 saturated heterocycles. The van der Waals surface area contributed by atoms with Gasteiger partial charge in [0.15, 0.2) is 0 Å². The van der Waals surface area contributed by atoms with Crippen molar-refractivity contribution >= 4 is 23.5 Å². The molecule has 2 saturated carbocycles. The first-order valence-corrected chi connectivity index (χ1v) is 23.6. The van der Waals surface area contributed by atoms with Crippen LogP contribution in [0.25, 0.3) is 0 Å². The number of alkyl halides is 1. The molecular weight excluding hydrogens is 736 g/mol. The predicted octanol–water partition coefficient (Wildman–Crippen LogP) is 13.2. The Morgan fingerprint density at radius 3 is 2.05 bits per heavy atom. The molecule has 2 aliphatic carbocycles. The topological polar surface area (TPSA) is 113 Å². The minimum Gasteiger partial charge on any atom is -0.493 e. The van der Waals surface area contributed by atoms with E-state index in [2.05, 4.69) is 32.1 Å². The second kappa shape index (κ2) is 28.2. The number of unbranched alkanes of at least 4 members (excludes halogenated alkanes) is 16. The molecule has 2 fully saturated rings. The summed E-state index contributed by atoms with van der Waals surface area (Å²) in [6.45, 7) is 6.63. The molecule has 0 spiro atoms. The van der Waals surface area contributed by atoms with E-state index in [-0.39, 0.29) is 46.7 Å². The number of rotatable bonds is 32. The number of hydrogen-bond acceptors (Lipinski definition) is 6. The second-order valence-corrected chi connectivity index (χ2v) is 17.8. The lowest BCUT2D eigenvalue weighted by molar-refractivity contribution is -0.148. The van der Waals surface area contributed by atoms with Crippen LogP contribution in [0.1, 0.15) is 210 Å². The van der Waals surface area contributed by atoms with Crippen molar-refractivity contribution in [3.63, 3.8) is 0 Å². The number of hydrogen-bond donors (Lipinski definition) is 3. The van der Waals surface area contributed by atoms with Crippen LogP contribution in [-0.4, -0.2) is 51.5 Å². The number of aliphatic hydroxyl groups is 2. The van der Waals surface area contributed by atoms with Crippen LogP contribution >= 0.6 is 11.6 Å². The van der Waals surface area contributed by atoms with Crippen molar-refractivity contribution in [3.8, 4) is 5.75 Å². The van der Waals surface area contributed by atoms with E-state index in [0.29, 0.717) is 43.6 Å². The normalized spacial score (nSPS) is 21.5. The van der Waals surface area contributed by atoms with Crippen LogP contribution in [0.15, 0.2) is 42.5 Å². The molecule has 3 rings (SSSR count). The number of ether oxygens (including phenoxy) is 2. The Balaban J connectivity index is 1.32. The van der Waals surface area contributed by atoms with Crippen molar-refractivity contribution in [1.82, 2.24) is 0 Å². The smallest absolute Gasteiger partial charge is 0.336 e. The van der Waals surface area contributed by atoms with Gasteiger partial charge in [0.25, 0.3) is 0 Å². The molecule has 0 heterocycles. The Hall–Kier alpha value is -2.35. The van der Waals surface area contributed by atoms with Crippen LogP contribution in [0, 0.1) is 17.3 Å². The van der Waals surface area contributed by atoms with E-state index in [4.69, 9.17) is 21.1 Å². The van der Waals surface area contributed by atoms with E-state index in [0.717, 1.165) is 38.5 Å². The maximum absolute atomic E-state index is 12.9. The quantitative estimate of drug-likeness (QED) is 0.0287. The third-order valence-electron chi connectivity index (χ3n) is 12.9. The lowest BCUT2D eigenvalue weighted by Crippen LogP contribution is -2.40. The number of carboxylic acid groups (broad SMARTS) is 1. The number of esters is 1. The lowest BCUT2D eigenvalue weighted by atomic mass is 9.63. The average Bonchev–Trinajstić information content (AvgIpc) is 3.44. The highest BCUT2D eigenvalue weighted by molar-refractivity contribution is 6.21. The summed E-state index contributed by atoms with van der Waals surface area (Å²) in [6, 6.07) is 4.97. The van der Waals surface area contributed by atoms with Gasteiger partial charge in [-0.3, -0.25) is 4.79 Å². The maximum Gasteiger partial charge on any atom is 0.336 e. The standard InChI is InChI=1S/C49H79ClO7/c1-4-6-7-8-9-10-11-12-13-14-15-16-17-18-21-24-36-56-44-31-25-30-41(48(54)55)47(44)38(3)57-46(53)33-23-20-19-22-28-39-40(43(51)37-42(39)50)29-26-32-45(52)49(5-2)34-27-35-49/h19,22,25-26,29-31,38-40,42-43,45,51-52H,4-18,20-21,23-24,27-28,32-37H2,1-3H3,(H,54,55)/b22-19-,29-26+/t38?,39-,40-,42-,43-,45+/m1/s1. The third kappa shape index (κ3) is 17.4. The van der Waals surface area contributed by atoms with Gasteiger partial charge in [-0.2, -0.15) is 0 Å². The summed E-state index contributed by atoms with van der Waals surface area (Å²) in [5.41, 5.74) is 0.547. The highest BCUT2D eigenvalue weighted by atomic mass is 35.5. The van der Waals surface area contributed by atoms with E-state index in [9.17, 15) is 24.9 Å². The number of allylic oxidation sites excluding steroid dienone is 2. The molecule has 1 aromatic rings. The summed E-state index contributed by atoms with van der Waals surface area (Å²) < 4.78 is 11.8. The number of aliphatic hydroxyl groups excluding tert-OH is 2. The van der Waals surface area contributed by atoms with Gasteiger partial charge in [-0.25, -0.2) is 4.79 Å². The SMILES string of the molecule is CCCCCCCCCCCCCCCCCCOc1cccc(C(=O)O)c1C(C)OC(=O)CCC/C=C\C[C@@H]1[C@@H](/C=C/C[C@H](O)C2(CC)CCC2)[C@H](O)C[C@H]1Cl. The van der Waals surface area contributed by atoms with Crippen molar-refractivity contribution in [3.05, 3.63) is 53.6 Å². The van der Waals surface area contributed by atoms with Crippen molar-refractivity contribution < 1.29 is 34.4 Å². The molecule has 0 aliphatic heterocycles. The summed E-state index contributed by atoms with van der Waals surface area (Å²) in [7, 11) is 0. The molecule has 7 nitrogen and oxygen atoms in total. The second-order valence-electron chi connectivity index (χ2n) is 17.2. The minimum absolute atomic E-state index is 0.0451. The Labute approximate surface area is 351 Å². The first-order chi connectivity index (χ1) is 27.6. The molecule has 0 aromatic heterocycles. The highest BCUT2D eigenvalue weighted by Crippen LogP contribution is 2.48. The van der Waals surface area contributed by atoms with Crippen LogP contribution < -0.4 is 4.74 Å². The van der Waals surface area contributed by atoms with Crippen molar-refractivity contribution in [2.45, 2.75) is 211 Å². The molecule has 2 aliphatic rings. The summed E-state index contributed by atoms with van der Waals surface area (Å²) in [6.07, 6.45) is 35.2. The number of aromatic carboxylic acids is 1. The van der Waals surface area contributed by atoms with Crippen molar-refractivity contribution in [2.75, 3.05) is 6.61 Å². The molecule has 1 unspecified atom stereocenters. The Morgan fingerprint density at radius 1 is 0.877 bits per heavy atom. The van der Waals surface area contributed by atoms with Crippen LogP contribution in [0.2, 0.25) is 0 Å². The largest absolute Gasteiger partial charge is 0.493 e. The summed E-state index contributed by atoms with van der Waals surface area (Å²) in [5.74, 6) is -0.930. The molecule has 8 heteroatoms. The first kappa shape index (κ1) is 49.0. The molecule has 0 amide bonds. The Morgan fingerprint density at radius 2 is 1.49 bits per heavy atom. The summed E-state index contributed by atoms with van der Waals surface area (Å²) >= 11 is 6.67. The molecule has 3 N–H and O–H groups in total. The molecule has 57 heavy (non-hydrogen) atoms. The van der Waals surface area contributed by atoms with Gasteiger partial charge in [-0.1, -0.05) is 147 Å². The summed E-state index contributed by atoms with van der Waals surface area (Å²) in [4.78, 5) is 25.0. The molecule has 0 radical (unpaired) electrons. The summed E-state index contributed by atoms with van der Waals surface area (Å²) in [5, 5.41) is 31.3. The van der Waals surface area contributed by atoms with Crippen molar-refractivity contribution in [1.29, 1.82) is 0 Å². The number of halogens is 1. The number of carbonyl (C=O) groups is 2. The van der Waals surface area contributed by atoms with Gasteiger partial charge in [-0.15, -0.1) is 11.6 Å². The fourth-order valence-corrected chi connectivity index (χ4v) is 9.44. The van der Waals surface area contributed by atoms with E-state index in [1.165, 1.54) is 102 Å². The van der Waals surface area contributed by atoms with Crippen LogP contribution in [0.5, 0.6) is 5.75 Å². The number of carbonyl (C=O) groups excluding carboxylic acids is 1. The van der Waals surface area contributed by atoms with Crippen molar-refractivity contribution in [2.24, 2.45) is 17.3 Å². The van der Waals surface area contributed by atoms with Gasteiger partial charge < -0.3 is 24.8 Å². The van der Waals surface area contributed by atoms with Gasteiger partial charge in [-0.05, 0) is 88.2 Å². The van der Waals surface area contributed by atoms with Gasteiger partial charge >= 0.3 is 11.9 Å². The van der Waals surface area contributed by atoms with Gasteiger partial charge in [0.05, 0.1) is 24.4 Å². The van der Waals surface area contributed by atoms with E-state index in [1.807, 2.05) is 6.08 Å². The van der Waals surface area contributed by atoms with Crippen LogP contribution in [0.3, 0.4) is 0 Å². The minimum atomic E-state index is -1.08. The van der Waals surface area contributed by atoms with Gasteiger partial charge in [0, 0.05) is 23.3 Å². The van der Waals surface area contributed by atoms with Gasteiger partial charge in [0.1, 0.15) is 11.9 Å². The molecule has 6 atom stereocenters. The maximum atomic E-state index is 12.9. The predicted molar refractivity (Wildman–Crippen MR) is 234 cm³/mol. The molecule has 324 valence electrons. The third-order valence-corrected chi connectivity index (χ3v) is 13.4. The number of benzene rings is 1. The molecule has 1 aromatic carbocycles. The van der Waals surface area contributed by atoms with E-state index in [1.54, 1.807) is 19.1 Å². The lowest BCUT2D eigenvalue weighted by Gasteiger charge is -2.45. The highest BCUT2D eigenvalue weighted by Gasteiger charge is 2.42. The van der Waals surface area contributed by atoms with Gasteiger partial charge in [0.2, 0.25) is 0 Å². The van der Waals surface area contributed by atoms with Crippen LogP contribution in [-0.2, 0) is 9.53 Å². The number of carboxylic acids is 1. The zero-order chi connectivity index (χ0) is 41.3. The monoisotopic (exact) mass is 815 g/mol. The zero-order valence-electron chi connectivity index (χ0n) is 36.0. The Kier molecular flexibility index (Phi) is 24.2. The van der Waals surface area contributed by atoms with E-state index >= 15 is 0 Å². The fraction of sp³-hybridized carbons (Fsp3) is 0.755. The fourth-order valence-electron chi connectivity index (χ4n) is 8.99. The Bertz CT molecular complexity index is 1320. The average molecular weight is 816 g/mol.